The van der Waals surface area contributed by atoms with Crippen LogP contribution in [0.4, 0.5) is 5.69 Å². The van der Waals surface area contributed by atoms with E-state index in [-0.39, 0.29) is 11.6 Å². The Hall–Kier alpha value is -1.66. The predicted octanol–water partition coefficient (Wildman–Crippen LogP) is 2.93. The minimum absolute atomic E-state index is 0.0333. The molecule has 1 aliphatic heterocycles. The molecule has 6 nitrogen and oxygen atoms in total. The van der Waals surface area contributed by atoms with E-state index in [4.69, 9.17) is 11.6 Å². The summed E-state index contributed by atoms with van der Waals surface area (Å²) in [6.45, 7) is 1.81. The molecular formula is C15H17ClN2O4. The zero-order chi connectivity index (χ0) is 15.9. The van der Waals surface area contributed by atoms with E-state index in [2.05, 4.69) is 4.90 Å². The summed E-state index contributed by atoms with van der Waals surface area (Å²) in [5.41, 5.74) is 0.148. The largest absolute Gasteiger partial charge is 0.481 e. The lowest BCUT2D eigenvalue weighted by Crippen LogP contribution is -2.35. The van der Waals surface area contributed by atoms with E-state index < -0.39 is 16.3 Å². The van der Waals surface area contributed by atoms with Crippen LogP contribution in [0, 0.1) is 21.4 Å². The number of carboxylic acids is 1. The van der Waals surface area contributed by atoms with Gasteiger partial charge in [0.05, 0.1) is 15.4 Å². The van der Waals surface area contributed by atoms with E-state index in [0.717, 1.165) is 31.4 Å². The summed E-state index contributed by atoms with van der Waals surface area (Å²) in [5.74, 6) is -0.505. The Balaban J connectivity index is 1.75. The number of carboxylic acid groups (broad SMARTS) is 1. The van der Waals surface area contributed by atoms with Gasteiger partial charge < -0.3 is 5.11 Å². The molecule has 3 rings (SSSR count). The van der Waals surface area contributed by atoms with Gasteiger partial charge in [-0.3, -0.25) is 19.8 Å². The molecule has 1 N–H and O–H groups in total. The molecule has 0 bridgehead atoms. The molecule has 0 unspecified atom stereocenters. The molecule has 1 saturated carbocycles. The van der Waals surface area contributed by atoms with E-state index in [1.165, 1.54) is 12.1 Å². The van der Waals surface area contributed by atoms with E-state index in [0.29, 0.717) is 18.1 Å². The highest BCUT2D eigenvalue weighted by molar-refractivity contribution is 6.31. The number of carbonyl (C=O) groups is 1. The SMILES string of the molecule is O=C(O)[C@@]12CCC[C@H]1CN(Cc1ccc([N+](=O)[O-])cc1Cl)C2. The van der Waals surface area contributed by atoms with Gasteiger partial charge in [0.15, 0.2) is 0 Å². The van der Waals surface area contributed by atoms with Gasteiger partial charge in [-0.25, -0.2) is 0 Å². The summed E-state index contributed by atoms with van der Waals surface area (Å²) in [5, 5.41) is 20.7. The Morgan fingerprint density at radius 3 is 2.91 bits per heavy atom. The number of hydrogen-bond donors (Lipinski definition) is 1. The Labute approximate surface area is 132 Å². The van der Waals surface area contributed by atoms with Crippen LogP contribution in [0.15, 0.2) is 18.2 Å². The number of halogens is 1. The zero-order valence-electron chi connectivity index (χ0n) is 12.0. The third-order valence-corrected chi connectivity index (χ3v) is 5.36. The van der Waals surface area contributed by atoms with Gasteiger partial charge in [-0.2, -0.15) is 0 Å². The monoisotopic (exact) mass is 324 g/mol. The standard InChI is InChI=1S/C15H17ClN2O4/c16-13-6-12(18(21)22)4-3-10(13)7-17-8-11-2-1-5-15(11,9-17)14(19)20/h3-4,6,11H,1-2,5,7-9H2,(H,19,20)/t11-,15+/m0/s1. The molecule has 118 valence electrons. The summed E-state index contributed by atoms with van der Waals surface area (Å²) < 4.78 is 0. The molecule has 1 aromatic carbocycles. The highest BCUT2D eigenvalue weighted by atomic mass is 35.5. The van der Waals surface area contributed by atoms with Crippen molar-refractivity contribution in [1.29, 1.82) is 0 Å². The van der Waals surface area contributed by atoms with Crippen molar-refractivity contribution in [2.75, 3.05) is 13.1 Å². The first-order valence-electron chi connectivity index (χ1n) is 7.31. The van der Waals surface area contributed by atoms with Crippen LogP contribution in [0.25, 0.3) is 0 Å². The first-order chi connectivity index (χ1) is 10.4. The number of rotatable bonds is 4. The van der Waals surface area contributed by atoms with Crippen molar-refractivity contribution in [3.05, 3.63) is 38.9 Å². The summed E-state index contributed by atoms with van der Waals surface area (Å²) >= 11 is 6.12. The number of hydrogen-bond acceptors (Lipinski definition) is 4. The molecular weight excluding hydrogens is 308 g/mol. The fourth-order valence-corrected chi connectivity index (χ4v) is 4.12. The lowest BCUT2D eigenvalue weighted by Gasteiger charge is -2.23. The van der Waals surface area contributed by atoms with E-state index in [9.17, 15) is 20.0 Å². The maximum absolute atomic E-state index is 11.7. The summed E-state index contributed by atoms with van der Waals surface area (Å²) in [6, 6.07) is 4.44. The molecule has 1 aliphatic carbocycles. The van der Waals surface area contributed by atoms with Crippen molar-refractivity contribution in [2.24, 2.45) is 11.3 Å². The molecule has 7 heteroatoms. The summed E-state index contributed by atoms with van der Waals surface area (Å²) in [4.78, 5) is 24.0. The Morgan fingerprint density at radius 2 is 2.32 bits per heavy atom. The minimum atomic E-state index is -0.702. The van der Waals surface area contributed by atoms with Crippen molar-refractivity contribution in [2.45, 2.75) is 25.8 Å². The van der Waals surface area contributed by atoms with Crippen molar-refractivity contribution in [3.63, 3.8) is 0 Å². The topological polar surface area (TPSA) is 83.7 Å². The van der Waals surface area contributed by atoms with Crippen molar-refractivity contribution in [3.8, 4) is 0 Å². The maximum Gasteiger partial charge on any atom is 0.311 e. The first-order valence-corrected chi connectivity index (χ1v) is 7.69. The second-order valence-electron chi connectivity index (χ2n) is 6.25. The normalized spacial score (nSPS) is 27.8. The number of nitrogens with zero attached hydrogens (tertiary/aromatic N) is 2. The second-order valence-corrected chi connectivity index (χ2v) is 6.66. The quantitative estimate of drug-likeness (QED) is 0.680. The highest BCUT2D eigenvalue weighted by Crippen LogP contribution is 2.49. The molecule has 2 fully saturated rings. The van der Waals surface area contributed by atoms with Gasteiger partial charge in [0.1, 0.15) is 0 Å². The molecule has 1 saturated heterocycles. The number of fused-ring (bicyclic) bond motifs is 1. The van der Waals surface area contributed by atoms with E-state index >= 15 is 0 Å². The van der Waals surface area contributed by atoms with Crippen molar-refractivity contribution < 1.29 is 14.8 Å². The van der Waals surface area contributed by atoms with Crippen LogP contribution in [0.2, 0.25) is 5.02 Å². The lowest BCUT2D eigenvalue weighted by atomic mass is 9.81. The average Bonchev–Trinajstić information content (AvgIpc) is 2.98. The Kier molecular flexibility index (Phi) is 3.82. The number of non-ortho nitro benzene ring substituents is 1. The summed E-state index contributed by atoms with van der Waals surface area (Å²) in [7, 11) is 0. The lowest BCUT2D eigenvalue weighted by molar-refractivity contribution is -0.384. The minimum Gasteiger partial charge on any atom is -0.481 e. The van der Waals surface area contributed by atoms with Crippen LogP contribution in [-0.2, 0) is 11.3 Å². The fourth-order valence-electron chi connectivity index (χ4n) is 3.88. The number of benzene rings is 1. The second kappa shape index (κ2) is 5.52. The first kappa shape index (κ1) is 15.2. The van der Waals surface area contributed by atoms with Gasteiger partial charge in [0.25, 0.3) is 5.69 Å². The van der Waals surface area contributed by atoms with Gasteiger partial charge >= 0.3 is 5.97 Å². The van der Waals surface area contributed by atoms with Crippen LogP contribution in [0.3, 0.4) is 0 Å². The molecule has 1 heterocycles. The number of aliphatic carboxylic acids is 1. The van der Waals surface area contributed by atoms with Crippen LogP contribution >= 0.6 is 11.6 Å². The van der Waals surface area contributed by atoms with E-state index in [1.54, 1.807) is 6.07 Å². The molecule has 2 atom stereocenters. The molecule has 0 amide bonds. The summed E-state index contributed by atoms with van der Waals surface area (Å²) in [6.07, 6.45) is 2.66. The third-order valence-electron chi connectivity index (χ3n) is 5.01. The van der Waals surface area contributed by atoms with Gasteiger partial charge in [0.2, 0.25) is 0 Å². The molecule has 0 spiro atoms. The molecule has 0 aromatic heterocycles. The Morgan fingerprint density at radius 1 is 1.55 bits per heavy atom. The average molecular weight is 325 g/mol. The fraction of sp³-hybridized carbons (Fsp3) is 0.533. The number of nitro benzene ring substituents is 1. The van der Waals surface area contributed by atoms with Crippen LogP contribution in [-0.4, -0.2) is 34.0 Å². The van der Waals surface area contributed by atoms with E-state index in [1.807, 2.05) is 0 Å². The number of nitro groups is 1. The maximum atomic E-state index is 11.7. The van der Waals surface area contributed by atoms with Gasteiger partial charge in [-0.05, 0) is 30.4 Å². The van der Waals surface area contributed by atoms with Gasteiger partial charge in [-0.15, -0.1) is 0 Å². The smallest absolute Gasteiger partial charge is 0.311 e. The van der Waals surface area contributed by atoms with Gasteiger partial charge in [0, 0.05) is 31.8 Å². The van der Waals surface area contributed by atoms with Crippen LogP contribution in [0.1, 0.15) is 24.8 Å². The van der Waals surface area contributed by atoms with Crippen molar-refractivity contribution >= 4 is 23.3 Å². The van der Waals surface area contributed by atoms with Crippen LogP contribution in [0.5, 0.6) is 0 Å². The molecule has 1 aromatic rings. The number of likely N-dealkylation sites (tertiary alicyclic amines) is 1. The highest BCUT2D eigenvalue weighted by Gasteiger charge is 2.54. The molecule has 22 heavy (non-hydrogen) atoms. The van der Waals surface area contributed by atoms with Crippen molar-refractivity contribution in [1.82, 2.24) is 4.90 Å². The zero-order valence-corrected chi connectivity index (χ0v) is 12.8. The third kappa shape index (κ3) is 2.46. The predicted molar refractivity (Wildman–Crippen MR) is 80.8 cm³/mol. The molecule has 0 radical (unpaired) electrons. The van der Waals surface area contributed by atoms with Crippen LogP contribution < -0.4 is 0 Å². The Bertz CT molecular complexity index is 636. The van der Waals surface area contributed by atoms with Gasteiger partial charge in [-0.1, -0.05) is 18.0 Å². The molecule has 2 aliphatic rings.